The van der Waals surface area contributed by atoms with Crippen LogP contribution < -0.4 is 5.32 Å². The van der Waals surface area contributed by atoms with E-state index < -0.39 is 0 Å². The number of carbonyl (C=O) groups is 1. The van der Waals surface area contributed by atoms with Crippen LogP contribution in [0.15, 0.2) is 9.53 Å². The highest BCUT2D eigenvalue weighted by Gasteiger charge is 2.14. The molecule has 0 radical (unpaired) electrons. The Morgan fingerprint density at radius 3 is 2.93 bits per heavy atom. The molecule has 1 amide bonds. The zero-order valence-corrected chi connectivity index (χ0v) is 8.52. The third-order valence-electron chi connectivity index (χ3n) is 1.67. The first-order valence-electron chi connectivity index (χ1n) is 4.38. The van der Waals surface area contributed by atoms with Crippen LogP contribution in [0.4, 0.5) is 0 Å². The summed E-state index contributed by atoms with van der Waals surface area (Å²) in [7, 11) is 0. The predicted molar refractivity (Wildman–Crippen MR) is 52.3 cm³/mol. The fourth-order valence-corrected chi connectivity index (χ4v) is 1.09. The van der Waals surface area contributed by atoms with Crippen LogP contribution in [0.25, 0.3) is 10.4 Å². The van der Waals surface area contributed by atoms with Gasteiger partial charge in [-0.3, -0.25) is 4.79 Å². The van der Waals surface area contributed by atoms with Crippen molar-refractivity contribution in [3.63, 3.8) is 0 Å². The first-order valence-corrected chi connectivity index (χ1v) is 4.38. The summed E-state index contributed by atoms with van der Waals surface area (Å²) in [5, 5.41) is 5.84. The minimum atomic E-state index is -0.346. The smallest absolute Gasteiger partial charge is 0.289 e. The van der Waals surface area contributed by atoms with Crippen LogP contribution in [0.1, 0.15) is 22.1 Å². The molecular weight excluding hydrogens is 198 g/mol. The number of hydrogen-bond donors (Lipinski definition) is 1. The van der Waals surface area contributed by atoms with Crippen molar-refractivity contribution in [2.24, 2.45) is 5.11 Å². The lowest BCUT2D eigenvalue weighted by atomic mass is 10.3. The van der Waals surface area contributed by atoms with Gasteiger partial charge in [-0.2, -0.15) is 0 Å². The standard InChI is InChI=1S/C8H11N5O2/c1-5-7(15-6(2)12-5)8(14)10-3-4-11-13-9/h3-4H2,1-2H3,(H,10,14). The maximum Gasteiger partial charge on any atom is 0.289 e. The number of aryl methyl sites for hydroxylation is 2. The Bertz CT molecular complexity index is 405. The maximum atomic E-state index is 11.5. The number of hydrogen-bond acceptors (Lipinski definition) is 4. The second kappa shape index (κ2) is 5.02. The first-order chi connectivity index (χ1) is 7.15. The molecule has 0 unspecified atom stereocenters. The van der Waals surface area contributed by atoms with Gasteiger partial charge in [0.25, 0.3) is 5.91 Å². The summed E-state index contributed by atoms with van der Waals surface area (Å²) in [6, 6.07) is 0. The molecule has 7 heteroatoms. The Balaban J connectivity index is 2.53. The summed E-state index contributed by atoms with van der Waals surface area (Å²) in [5.74, 6) is 0.308. The van der Waals surface area contributed by atoms with Crippen molar-refractivity contribution in [3.05, 3.63) is 27.8 Å². The Hall–Kier alpha value is -2.01. The van der Waals surface area contributed by atoms with Crippen LogP contribution in [0.3, 0.4) is 0 Å². The van der Waals surface area contributed by atoms with E-state index in [0.29, 0.717) is 11.6 Å². The maximum absolute atomic E-state index is 11.5. The number of rotatable bonds is 4. The van der Waals surface area contributed by atoms with E-state index in [-0.39, 0.29) is 24.8 Å². The molecule has 0 fully saturated rings. The Morgan fingerprint density at radius 2 is 2.40 bits per heavy atom. The zero-order valence-electron chi connectivity index (χ0n) is 8.52. The van der Waals surface area contributed by atoms with Crippen molar-refractivity contribution >= 4 is 5.91 Å². The molecule has 1 aromatic heterocycles. The number of azide groups is 1. The topological polar surface area (TPSA) is 104 Å². The highest BCUT2D eigenvalue weighted by molar-refractivity contribution is 5.92. The van der Waals surface area contributed by atoms with E-state index in [9.17, 15) is 4.79 Å². The van der Waals surface area contributed by atoms with Crippen LogP contribution in [0.5, 0.6) is 0 Å². The van der Waals surface area contributed by atoms with Crippen molar-refractivity contribution in [1.82, 2.24) is 10.3 Å². The fraction of sp³-hybridized carbons (Fsp3) is 0.500. The number of amides is 1. The molecule has 0 bridgehead atoms. The minimum absolute atomic E-state index is 0.202. The van der Waals surface area contributed by atoms with Crippen molar-refractivity contribution in [1.29, 1.82) is 0 Å². The number of aromatic nitrogens is 1. The van der Waals surface area contributed by atoms with Gasteiger partial charge < -0.3 is 9.73 Å². The van der Waals surface area contributed by atoms with Crippen LogP contribution in [-0.2, 0) is 0 Å². The molecule has 1 rings (SSSR count). The van der Waals surface area contributed by atoms with E-state index >= 15 is 0 Å². The summed E-state index contributed by atoms with van der Waals surface area (Å²) >= 11 is 0. The van der Waals surface area contributed by atoms with Crippen LogP contribution in [0.2, 0.25) is 0 Å². The van der Waals surface area contributed by atoms with Gasteiger partial charge in [0.05, 0.1) is 5.69 Å². The molecule has 0 saturated heterocycles. The Kier molecular flexibility index (Phi) is 3.70. The first kappa shape index (κ1) is 11.1. The fourth-order valence-electron chi connectivity index (χ4n) is 1.09. The van der Waals surface area contributed by atoms with Gasteiger partial charge in [0.15, 0.2) is 5.89 Å². The van der Waals surface area contributed by atoms with Crippen molar-refractivity contribution in [2.45, 2.75) is 13.8 Å². The molecule has 0 atom stereocenters. The molecule has 1 N–H and O–H groups in total. The van der Waals surface area contributed by atoms with Gasteiger partial charge in [-0.15, -0.1) is 0 Å². The van der Waals surface area contributed by atoms with Crippen LogP contribution >= 0.6 is 0 Å². The number of carbonyl (C=O) groups excluding carboxylic acids is 1. The van der Waals surface area contributed by atoms with E-state index in [1.54, 1.807) is 13.8 Å². The zero-order chi connectivity index (χ0) is 11.3. The number of nitrogens with zero attached hydrogens (tertiary/aromatic N) is 4. The second-order valence-corrected chi connectivity index (χ2v) is 2.86. The van der Waals surface area contributed by atoms with Gasteiger partial charge in [0.1, 0.15) is 0 Å². The molecular formula is C8H11N5O2. The molecule has 0 spiro atoms. The SMILES string of the molecule is Cc1nc(C)c(C(=O)NCCN=[N+]=[N-])o1. The third kappa shape index (κ3) is 2.99. The van der Waals surface area contributed by atoms with Crippen LogP contribution in [0, 0.1) is 13.8 Å². The third-order valence-corrected chi connectivity index (χ3v) is 1.67. The number of nitrogens with one attached hydrogen (secondary N) is 1. The summed E-state index contributed by atoms with van der Waals surface area (Å²) in [6.07, 6.45) is 0. The second-order valence-electron chi connectivity index (χ2n) is 2.86. The molecule has 0 aliphatic carbocycles. The quantitative estimate of drug-likeness (QED) is 0.350. The predicted octanol–water partition coefficient (Wildman–Crippen LogP) is 1.33. The molecule has 0 saturated carbocycles. The van der Waals surface area contributed by atoms with Crippen molar-refractivity contribution < 1.29 is 9.21 Å². The number of oxazole rings is 1. The molecule has 0 aliphatic rings. The minimum Gasteiger partial charge on any atom is -0.436 e. The van der Waals surface area contributed by atoms with Crippen molar-refractivity contribution in [3.8, 4) is 0 Å². The van der Waals surface area contributed by atoms with Crippen LogP contribution in [-0.4, -0.2) is 24.0 Å². The van der Waals surface area contributed by atoms with E-state index in [1.807, 2.05) is 0 Å². The van der Waals surface area contributed by atoms with Gasteiger partial charge in [-0.05, 0) is 12.5 Å². The summed E-state index contributed by atoms with van der Waals surface area (Å²) in [6.45, 7) is 3.86. The molecule has 1 heterocycles. The summed E-state index contributed by atoms with van der Waals surface area (Å²) in [4.78, 5) is 18.0. The lowest BCUT2D eigenvalue weighted by Gasteiger charge is -1.99. The molecule has 0 aromatic carbocycles. The largest absolute Gasteiger partial charge is 0.436 e. The van der Waals surface area contributed by atoms with E-state index in [1.165, 1.54) is 0 Å². The van der Waals surface area contributed by atoms with E-state index in [4.69, 9.17) is 9.95 Å². The summed E-state index contributed by atoms with van der Waals surface area (Å²) < 4.78 is 5.11. The van der Waals surface area contributed by atoms with Gasteiger partial charge in [0.2, 0.25) is 5.76 Å². The molecule has 15 heavy (non-hydrogen) atoms. The molecule has 80 valence electrons. The van der Waals surface area contributed by atoms with E-state index in [2.05, 4.69) is 20.3 Å². The average Bonchev–Trinajstić information content (AvgIpc) is 2.52. The lowest BCUT2D eigenvalue weighted by Crippen LogP contribution is -2.26. The Morgan fingerprint density at radius 1 is 1.67 bits per heavy atom. The van der Waals surface area contributed by atoms with Gasteiger partial charge in [-0.25, -0.2) is 4.98 Å². The summed E-state index contributed by atoms with van der Waals surface area (Å²) in [5.41, 5.74) is 8.56. The molecule has 7 nitrogen and oxygen atoms in total. The Labute approximate surface area is 86.1 Å². The highest BCUT2D eigenvalue weighted by Crippen LogP contribution is 2.08. The van der Waals surface area contributed by atoms with Gasteiger partial charge >= 0.3 is 0 Å². The normalized spacial score (nSPS) is 9.47. The molecule has 0 aliphatic heterocycles. The highest BCUT2D eigenvalue weighted by atomic mass is 16.4. The van der Waals surface area contributed by atoms with Gasteiger partial charge in [-0.1, -0.05) is 5.11 Å². The van der Waals surface area contributed by atoms with Gasteiger partial charge in [0, 0.05) is 24.9 Å². The van der Waals surface area contributed by atoms with E-state index in [0.717, 1.165) is 0 Å². The lowest BCUT2D eigenvalue weighted by molar-refractivity contribution is 0.0925. The molecule has 1 aromatic rings. The average molecular weight is 209 g/mol. The monoisotopic (exact) mass is 209 g/mol. The van der Waals surface area contributed by atoms with Crippen molar-refractivity contribution in [2.75, 3.05) is 13.1 Å².